The predicted octanol–water partition coefficient (Wildman–Crippen LogP) is 2.67. The minimum atomic E-state index is -0.923. The molecule has 1 aromatic carbocycles. The maximum atomic E-state index is 12.1. The van der Waals surface area contributed by atoms with E-state index in [-0.39, 0.29) is 30.7 Å². The Morgan fingerprint density at radius 1 is 1.26 bits per heavy atom. The first kappa shape index (κ1) is 15.5. The van der Waals surface area contributed by atoms with E-state index >= 15 is 0 Å². The van der Waals surface area contributed by atoms with Crippen molar-refractivity contribution in [2.24, 2.45) is 5.92 Å². The van der Waals surface area contributed by atoms with Crippen LogP contribution in [0, 0.1) is 5.92 Å². The molecule has 0 aliphatic heterocycles. The lowest BCUT2D eigenvalue weighted by molar-refractivity contribution is -0.136. The smallest absolute Gasteiger partial charge is 0.305 e. The van der Waals surface area contributed by atoms with Gasteiger partial charge in [0, 0.05) is 11.6 Å². The maximum Gasteiger partial charge on any atom is 0.305 e. The van der Waals surface area contributed by atoms with Gasteiger partial charge in [0.2, 0.25) is 5.91 Å². The van der Waals surface area contributed by atoms with Crippen molar-refractivity contribution < 1.29 is 14.7 Å². The minimum Gasteiger partial charge on any atom is -0.481 e. The minimum absolute atomic E-state index is 0.0722. The highest BCUT2D eigenvalue weighted by Gasteiger charge is 2.23. The van der Waals surface area contributed by atoms with Crippen molar-refractivity contribution in [3.8, 4) is 0 Å². The van der Waals surface area contributed by atoms with Crippen molar-refractivity contribution in [2.75, 3.05) is 6.54 Å². The fraction of sp³-hybridized carbons (Fsp3) is 0.429. The molecule has 0 fully saturated rings. The monoisotopic (exact) mass is 283 g/mol. The number of carboxylic acid groups (broad SMARTS) is 1. The molecule has 0 radical (unpaired) electrons. The molecule has 104 valence electrons. The molecule has 4 nitrogen and oxygen atoms in total. The first-order valence-corrected chi connectivity index (χ1v) is 6.54. The summed E-state index contributed by atoms with van der Waals surface area (Å²) < 4.78 is 0. The lowest BCUT2D eigenvalue weighted by Crippen LogP contribution is -2.33. The number of halogens is 1. The van der Waals surface area contributed by atoms with Gasteiger partial charge in [-0.2, -0.15) is 0 Å². The Hall–Kier alpha value is -1.55. The molecule has 0 heterocycles. The molecular formula is C14H18ClNO3. The van der Waals surface area contributed by atoms with Crippen LogP contribution in [0.15, 0.2) is 24.3 Å². The Morgan fingerprint density at radius 2 is 1.84 bits per heavy atom. The van der Waals surface area contributed by atoms with Crippen LogP contribution >= 0.6 is 11.6 Å². The summed E-state index contributed by atoms with van der Waals surface area (Å²) in [6.07, 6.45) is -0.0722. The van der Waals surface area contributed by atoms with Crippen LogP contribution < -0.4 is 5.32 Å². The van der Waals surface area contributed by atoms with Gasteiger partial charge < -0.3 is 10.4 Å². The molecule has 5 heteroatoms. The summed E-state index contributed by atoms with van der Waals surface area (Å²) in [6.45, 7) is 4.05. The Morgan fingerprint density at radius 3 is 2.32 bits per heavy atom. The molecule has 1 atom stereocenters. The van der Waals surface area contributed by atoms with Gasteiger partial charge in [0.25, 0.3) is 0 Å². The molecule has 0 aliphatic carbocycles. The first-order valence-electron chi connectivity index (χ1n) is 6.16. The number of hydrogen-bond donors (Lipinski definition) is 2. The van der Waals surface area contributed by atoms with Crippen LogP contribution in [0.5, 0.6) is 0 Å². The number of carbonyl (C=O) groups excluding carboxylic acids is 1. The second-order valence-corrected chi connectivity index (χ2v) is 5.14. The Labute approximate surface area is 117 Å². The van der Waals surface area contributed by atoms with Crippen molar-refractivity contribution >= 4 is 23.5 Å². The normalized spacial score (nSPS) is 12.2. The molecule has 0 bridgehead atoms. The summed E-state index contributed by atoms with van der Waals surface area (Å²) in [5.74, 6) is -1.26. The van der Waals surface area contributed by atoms with Crippen molar-refractivity contribution in [3.05, 3.63) is 34.9 Å². The van der Waals surface area contributed by atoms with E-state index < -0.39 is 5.97 Å². The van der Waals surface area contributed by atoms with Gasteiger partial charge in [0.15, 0.2) is 0 Å². The number of hydrogen-bond acceptors (Lipinski definition) is 2. The van der Waals surface area contributed by atoms with Gasteiger partial charge in [-0.05, 0) is 23.6 Å². The van der Waals surface area contributed by atoms with Crippen LogP contribution in [-0.2, 0) is 9.59 Å². The van der Waals surface area contributed by atoms with Gasteiger partial charge in [0.05, 0.1) is 12.3 Å². The summed E-state index contributed by atoms with van der Waals surface area (Å²) in [7, 11) is 0. The number of benzene rings is 1. The van der Waals surface area contributed by atoms with Gasteiger partial charge in [-0.3, -0.25) is 9.59 Å². The van der Waals surface area contributed by atoms with E-state index in [4.69, 9.17) is 16.7 Å². The number of aliphatic carboxylic acids is 1. The molecule has 1 rings (SSSR count). The zero-order valence-corrected chi connectivity index (χ0v) is 11.8. The maximum absolute atomic E-state index is 12.1. The van der Waals surface area contributed by atoms with Crippen LogP contribution in [0.1, 0.15) is 31.7 Å². The molecule has 0 saturated heterocycles. The largest absolute Gasteiger partial charge is 0.481 e. The lowest BCUT2D eigenvalue weighted by atomic mass is 9.87. The van der Waals surface area contributed by atoms with E-state index in [0.29, 0.717) is 5.02 Å². The summed E-state index contributed by atoms with van der Waals surface area (Å²) in [6, 6.07) is 7.14. The van der Waals surface area contributed by atoms with E-state index in [9.17, 15) is 9.59 Å². The fourth-order valence-electron chi connectivity index (χ4n) is 1.91. The third-order valence-electron chi connectivity index (χ3n) is 2.82. The van der Waals surface area contributed by atoms with Gasteiger partial charge >= 0.3 is 5.97 Å². The molecule has 1 aromatic rings. The zero-order chi connectivity index (χ0) is 14.4. The number of carboxylic acids is 1. The van der Waals surface area contributed by atoms with Gasteiger partial charge in [-0.25, -0.2) is 0 Å². The Kier molecular flexibility index (Phi) is 5.83. The number of nitrogens with one attached hydrogen (secondary N) is 1. The van der Waals surface area contributed by atoms with Crippen LogP contribution in [0.3, 0.4) is 0 Å². The molecule has 2 N–H and O–H groups in total. The summed E-state index contributed by atoms with van der Waals surface area (Å²) >= 11 is 5.83. The third kappa shape index (κ3) is 4.91. The SMILES string of the molecule is CC(C)C(C(=O)NCCC(=O)O)c1ccc(Cl)cc1. The van der Waals surface area contributed by atoms with Crippen LogP contribution in [0.4, 0.5) is 0 Å². The lowest BCUT2D eigenvalue weighted by Gasteiger charge is -2.20. The van der Waals surface area contributed by atoms with E-state index in [2.05, 4.69) is 5.32 Å². The van der Waals surface area contributed by atoms with Gasteiger partial charge in [-0.15, -0.1) is 0 Å². The summed E-state index contributed by atoms with van der Waals surface area (Å²) in [5.41, 5.74) is 0.882. The topological polar surface area (TPSA) is 66.4 Å². The molecule has 0 spiro atoms. The van der Waals surface area contributed by atoms with E-state index in [1.807, 2.05) is 26.0 Å². The highest BCUT2D eigenvalue weighted by atomic mass is 35.5. The van der Waals surface area contributed by atoms with Crippen LogP contribution in [0.25, 0.3) is 0 Å². The standard InChI is InChI=1S/C14H18ClNO3/c1-9(2)13(10-3-5-11(15)6-4-10)14(19)16-8-7-12(17)18/h3-6,9,13H,7-8H2,1-2H3,(H,16,19)(H,17,18). The highest BCUT2D eigenvalue weighted by Crippen LogP contribution is 2.25. The fourth-order valence-corrected chi connectivity index (χ4v) is 2.04. The number of rotatable bonds is 6. The van der Waals surface area contributed by atoms with Gasteiger partial charge in [-0.1, -0.05) is 37.6 Å². The average Bonchev–Trinajstić information content (AvgIpc) is 2.31. The van der Waals surface area contributed by atoms with E-state index in [1.54, 1.807) is 12.1 Å². The second-order valence-electron chi connectivity index (χ2n) is 4.71. The van der Waals surface area contributed by atoms with E-state index in [0.717, 1.165) is 5.56 Å². The molecule has 0 aliphatic rings. The number of amides is 1. The second kappa shape index (κ2) is 7.14. The van der Waals surface area contributed by atoms with Crippen molar-refractivity contribution in [1.82, 2.24) is 5.32 Å². The Bertz CT molecular complexity index is 443. The van der Waals surface area contributed by atoms with Crippen molar-refractivity contribution in [3.63, 3.8) is 0 Å². The molecule has 1 amide bonds. The van der Waals surface area contributed by atoms with E-state index in [1.165, 1.54) is 0 Å². The summed E-state index contributed by atoms with van der Waals surface area (Å²) in [5, 5.41) is 11.8. The zero-order valence-electron chi connectivity index (χ0n) is 11.0. The average molecular weight is 284 g/mol. The summed E-state index contributed by atoms with van der Waals surface area (Å²) in [4.78, 5) is 22.5. The first-order chi connectivity index (χ1) is 8.91. The van der Waals surface area contributed by atoms with Crippen molar-refractivity contribution in [1.29, 1.82) is 0 Å². The molecular weight excluding hydrogens is 266 g/mol. The highest BCUT2D eigenvalue weighted by molar-refractivity contribution is 6.30. The van der Waals surface area contributed by atoms with Crippen molar-refractivity contribution in [2.45, 2.75) is 26.2 Å². The molecule has 1 unspecified atom stereocenters. The van der Waals surface area contributed by atoms with Gasteiger partial charge in [0.1, 0.15) is 0 Å². The molecule has 0 saturated carbocycles. The quantitative estimate of drug-likeness (QED) is 0.843. The number of carbonyl (C=O) groups is 2. The predicted molar refractivity (Wildman–Crippen MR) is 74.3 cm³/mol. The van der Waals surface area contributed by atoms with Crippen LogP contribution in [0.2, 0.25) is 5.02 Å². The third-order valence-corrected chi connectivity index (χ3v) is 3.07. The molecule has 19 heavy (non-hydrogen) atoms. The molecule has 0 aromatic heterocycles. The van der Waals surface area contributed by atoms with Crippen LogP contribution in [-0.4, -0.2) is 23.5 Å². The Balaban J connectivity index is 2.74.